The van der Waals surface area contributed by atoms with E-state index in [1.165, 1.54) is 0 Å². The van der Waals surface area contributed by atoms with Crippen LogP contribution in [0.25, 0.3) is 10.9 Å². The third-order valence-electron chi connectivity index (χ3n) is 5.61. The van der Waals surface area contributed by atoms with Gasteiger partial charge in [-0.1, -0.05) is 36.4 Å². The van der Waals surface area contributed by atoms with Crippen LogP contribution < -0.4 is 20.9 Å². The van der Waals surface area contributed by atoms with E-state index in [0.29, 0.717) is 11.4 Å². The number of imide groups is 1. The predicted octanol–water partition coefficient (Wildman–Crippen LogP) is 1.93. The summed E-state index contributed by atoms with van der Waals surface area (Å²) in [6, 6.07) is 17.0. The lowest BCUT2D eigenvalue weighted by molar-refractivity contribution is -0.121. The lowest BCUT2D eigenvalue weighted by atomic mass is 10.1. The van der Waals surface area contributed by atoms with Crippen LogP contribution in [-0.2, 0) is 16.6 Å². The van der Waals surface area contributed by atoms with E-state index in [1.54, 1.807) is 30.3 Å². The molecule has 170 valence electrons. The van der Waals surface area contributed by atoms with Crippen molar-refractivity contribution in [1.29, 1.82) is 0 Å². The molecule has 0 aliphatic carbocycles. The third-order valence-corrected chi connectivity index (χ3v) is 5.61. The number of para-hydroxylation sites is 2. The van der Waals surface area contributed by atoms with Crippen LogP contribution in [0.15, 0.2) is 60.7 Å². The van der Waals surface area contributed by atoms with E-state index >= 15 is 0 Å². The fourth-order valence-electron chi connectivity index (χ4n) is 3.89. The van der Waals surface area contributed by atoms with E-state index in [9.17, 15) is 19.2 Å². The lowest BCUT2D eigenvalue weighted by Crippen LogP contribution is -2.36. The Morgan fingerprint density at radius 2 is 1.67 bits per heavy atom. The van der Waals surface area contributed by atoms with E-state index in [0.717, 1.165) is 15.8 Å². The Morgan fingerprint density at radius 1 is 0.970 bits per heavy atom. The highest BCUT2D eigenvalue weighted by Crippen LogP contribution is 2.21. The van der Waals surface area contributed by atoms with Gasteiger partial charge >= 0.3 is 6.03 Å². The van der Waals surface area contributed by atoms with Crippen molar-refractivity contribution < 1.29 is 19.2 Å². The first-order valence-electron chi connectivity index (χ1n) is 10.7. The third kappa shape index (κ3) is 4.72. The fraction of sp³-hybridized carbons (Fsp3) is 0.250. The Balaban J connectivity index is 1.20. The van der Waals surface area contributed by atoms with Crippen molar-refractivity contribution in [2.75, 3.05) is 18.0 Å². The maximum absolute atomic E-state index is 12.6. The van der Waals surface area contributed by atoms with E-state index in [4.69, 9.17) is 0 Å². The minimum absolute atomic E-state index is 0.0798. The van der Waals surface area contributed by atoms with Gasteiger partial charge in [0.05, 0.1) is 5.69 Å². The van der Waals surface area contributed by atoms with E-state index in [1.807, 2.05) is 41.9 Å². The van der Waals surface area contributed by atoms with Crippen LogP contribution in [0.3, 0.4) is 0 Å². The van der Waals surface area contributed by atoms with Crippen LogP contribution in [0.2, 0.25) is 0 Å². The minimum Gasteiger partial charge on any atom is -0.354 e. The molecule has 3 aromatic rings. The SMILES string of the molecule is Cn1c(C(=O)NCCNC(=O)CCC2NC(=O)N(c3ccccc3)C2=O)cc2ccccc21. The standard InChI is InChI=1S/C24H25N5O4/c1-28-19-10-6-5-7-16(19)15-20(28)22(31)26-14-13-25-21(30)12-11-18-23(32)29(24(33)27-18)17-8-3-2-4-9-17/h2-10,15,18H,11-14H2,1H3,(H,25,30)(H,26,31)(H,27,33). The van der Waals surface area contributed by atoms with Gasteiger partial charge in [0.2, 0.25) is 5.91 Å². The number of hydrogen-bond donors (Lipinski definition) is 3. The summed E-state index contributed by atoms with van der Waals surface area (Å²) in [6.07, 6.45) is 0.276. The van der Waals surface area contributed by atoms with Crippen molar-refractivity contribution in [1.82, 2.24) is 20.5 Å². The van der Waals surface area contributed by atoms with Gasteiger partial charge in [-0.3, -0.25) is 14.4 Å². The molecule has 1 saturated heterocycles. The molecule has 33 heavy (non-hydrogen) atoms. The number of urea groups is 1. The van der Waals surface area contributed by atoms with E-state index < -0.39 is 12.1 Å². The molecule has 0 saturated carbocycles. The number of carbonyl (C=O) groups excluding carboxylic acids is 4. The second-order valence-electron chi connectivity index (χ2n) is 7.80. The molecule has 2 aromatic carbocycles. The first-order valence-corrected chi connectivity index (χ1v) is 10.7. The van der Waals surface area contributed by atoms with Gasteiger partial charge < -0.3 is 20.5 Å². The number of amides is 5. The van der Waals surface area contributed by atoms with Crippen molar-refractivity contribution in [3.8, 4) is 0 Å². The number of benzene rings is 2. The molecule has 1 aromatic heterocycles. The molecule has 3 N–H and O–H groups in total. The quantitative estimate of drug-likeness (QED) is 0.362. The van der Waals surface area contributed by atoms with E-state index in [2.05, 4.69) is 16.0 Å². The van der Waals surface area contributed by atoms with Gasteiger partial charge in [0.15, 0.2) is 0 Å². The van der Waals surface area contributed by atoms with Crippen LogP contribution in [-0.4, -0.2) is 47.5 Å². The van der Waals surface area contributed by atoms with Crippen molar-refractivity contribution in [3.63, 3.8) is 0 Å². The first kappa shape index (κ1) is 22.1. The molecule has 5 amide bonds. The van der Waals surface area contributed by atoms with Crippen molar-refractivity contribution in [3.05, 3.63) is 66.4 Å². The molecule has 1 atom stereocenters. The lowest BCUT2D eigenvalue weighted by Gasteiger charge is -2.12. The van der Waals surface area contributed by atoms with Crippen molar-refractivity contribution in [2.45, 2.75) is 18.9 Å². The van der Waals surface area contributed by atoms with Crippen LogP contribution in [0.4, 0.5) is 10.5 Å². The molecule has 4 rings (SSSR count). The molecule has 1 unspecified atom stereocenters. The average Bonchev–Trinajstić information content (AvgIpc) is 3.31. The summed E-state index contributed by atoms with van der Waals surface area (Å²) in [5, 5.41) is 9.13. The van der Waals surface area contributed by atoms with Gasteiger partial charge in [-0.25, -0.2) is 9.69 Å². The molecule has 1 fully saturated rings. The summed E-state index contributed by atoms with van der Waals surface area (Å²) in [7, 11) is 1.83. The molecule has 1 aliphatic rings. The molecule has 1 aliphatic heterocycles. The van der Waals surface area contributed by atoms with Gasteiger partial charge in [0.25, 0.3) is 11.8 Å². The summed E-state index contributed by atoms with van der Waals surface area (Å²) in [6.45, 7) is 0.530. The Bertz CT molecular complexity index is 1200. The number of aromatic nitrogens is 1. The number of carbonyl (C=O) groups is 4. The molecular formula is C24H25N5O4. The van der Waals surface area contributed by atoms with Crippen LogP contribution >= 0.6 is 0 Å². The number of nitrogens with zero attached hydrogens (tertiary/aromatic N) is 2. The normalized spacial score (nSPS) is 15.5. The number of hydrogen-bond acceptors (Lipinski definition) is 4. The minimum atomic E-state index is -0.741. The Morgan fingerprint density at radius 3 is 2.42 bits per heavy atom. The summed E-state index contributed by atoms with van der Waals surface area (Å²) in [4.78, 5) is 50.4. The monoisotopic (exact) mass is 447 g/mol. The summed E-state index contributed by atoms with van der Waals surface area (Å²) in [5.41, 5.74) is 2.00. The number of fused-ring (bicyclic) bond motifs is 1. The molecule has 9 nitrogen and oxygen atoms in total. The zero-order valence-electron chi connectivity index (χ0n) is 18.2. The van der Waals surface area contributed by atoms with Crippen molar-refractivity contribution >= 4 is 40.3 Å². The smallest absolute Gasteiger partial charge is 0.329 e. The second kappa shape index (κ2) is 9.56. The average molecular weight is 447 g/mol. The number of rotatable bonds is 8. The van der Waals surface area contributed by atoms with Gasteiger partial charge in [-0.2, -0.15) is 0 Å². The van der Waals surface area contributed by atoms with Gasteiger partial charge in [0.1, 0.15) is 11.7 Å². The van der Waals surface area contributed by atoms with E-state index in [-0.39, 0.29) is 43.7 Å². The van der Waals surface area contributed by atoms with Gasteiger partial charge in [0, 0.05) is 37.5 Å². The highest BCUT2D eigenvalue weighted by atomic mass is 16.2. The maximum atomic E-state index is 12.6. The number of nitrogens with one attached hydrogen (secondary N) is 3. The van der Waals surface area contributed by atoms with Crippen LogP contribution in [0.1, 0.15) is 23.3 Å². The van der Waals surface area contributed by atoms with Gasteiger partial charge in [-0.15, -0.1) is 0 Å². The maximum Gasteiger partial charge on any atom is 0.329 e. The molecular weight excluding hydrogens is 422 g/mol. The summed E-state index contributed by atoms with van der Waals surface area (Å²) >= 11 is 0. The molecule has 0 spiro atoms. The Kier molecular flexibility index (Phi) is 6.39. The zero-order valence-corrected chi connectivity index (χ0v) is 18.2. The highest BCUT2D eigenvalue weighted by Gasteiger charge is 2.38. The van der Waals surface area contributed by atoms with Crippen molar-refractivity contribution in [2.24, 2.45) is 7.05 Å². The first-order chi connectivity index (χ1) is 16.0. The second-order valence-corrected chi connectivity index (χ2v) is 7.80. The van der Waals surface area contributed by atoms with Crippen LogP contribution in [0.5, 0.6) is 0 Å². The largest absolute Gasteiger partial charge is 0.354 e. The number of aryl methyl sites for hydroxylation is 1. The molecule has 0 radical (unpaired) electrons. The topological polar surface area (TPSA) is 113 Å². The highest BCUT2D eigenvalue weighted by molar-refractivity contribution is 6.21. The van der Waals surface area contributed by atoms with Crippen LogP contribution in [0, 0.1) is 0 Å². The zero-order chi connectivity index (χ0) is 23.4. The molecule has 9 heteroatoms. The number of anilines is 1. The summed E-state index contributed by atoms with van der Waals surface area (Å²) < 4.78 is 1.83. The van der Waals surface area contributed by atoms with Gasteiger partial charge in [-0.05, 0) is 30.7 Å². The molecule has 0 bridgehead atoms. The Labute approximate surface area is 190 Å². The Hall–Kier alpha value is -4.14. The molecule has 2 heterocycles. The fourth-order valence-corrected chi connectivity index (χ4v) is 3.89. The summed E-state index contributed by atoms with van der Waals surface area (Å²) in [5.74, 6) is -0.849. The predicted molar refractivity (Wildman–Crippen MR) is 124 cm³/mol.